The molecule has 0 fully saturated rings. The Balaban J connectivity index is 2.07. The lowest BCUT2D eigenvalue weighted by Gasteiger charge is -2.12. The van der Waals surface area contributed by atoms with E-state index in [2.05, 4.69) is 20.3 Å². The number of likely N-dealkylation sites (N-methyl/N-ethyl adjacent to an activating group) is 1. The molecule has 7 nitrogen and oxygen atoms in total. The maximum Gasteiger partial charge on any atom is 0.261 e. The molecule has 3 N–H and O–H groups in total. The van der Waals surface area contributed by atoms with E-state index in [4.69, 9.17) is 0 Å². The average molecular weight is 348 g/mol. The highest BCUT2D eigenvalue weighted by atomic mass is 32.2. The summed E-state index contributed by atoms with van der Waals surface area (Å²) < 4.78 is 27.0. The van der Waals surface area contributed by atoms with Crippen molar-refractivity contribution in [2.75, 3.05) is 18.3 Å². The monoisotopic (exact) mass is 348 g/mol. The summed E-state index contributed by atoms with van der Waals surface area (Å²) in [4.78, 5) is 15.9. The molecule has 1 atom stereocenters. The third kappa shape index (κ3) is 4.77. The molecule has 2 aromatic rings. The second-order valence-electron chi connectivity index (χ2n) is 5.27. The zero-order valence-electron chi connectivity index (χ0n) is 13.5. The first-order valence-electron chi connectivity index (χ1n) is 7.41. The van der Waals surface area contributed by atoms with E-state index in [1.807, 2.05) is 14.0 Å². The molecule has 1 unspecified atom stereocenters. The third-order valence-electron chi connectivity index (χ3n) is 3.42. The van der Waals surface area contributed by atoms with Crippen molar-refractivity contribution < 1.29 is 13.2 Å². The molecule has 0 aliphatic rings. The van der Waals surface area contributed by atoms with Crippen LogP contribution in [-0.4, -0.2) is 38.9 Å². The Morgan fingerprint density at radius 2 is 1.75 bits per heavy atom. The zero-order chi connectivity index (χ0) is 17.6. The van der Waals surface area contributed by atoms with Crippen molar-refractivity contribution in [1.82, 2.24) is 15.6 Å². The molecule has 0 aliphatic carbocycles. The van der Waals surface area contributed by atoms with Gasteiger partial charge in [0.2, 0.25) is 0 Å². The number of aromatic nitrogens is 1. The van der Waals surface area contributed by atoms with Crippen LogP contribution in [0.4, 0.5) is 5.69 Å². The standard InChI is InChI=1S/C16H20N4O3S/c1-12(17-2)11-19-16(21)13-3-5-15(6-4-13)24(22,23)20-14-7-9-18-10-8-14/h3-10,12,17H,11H2,1-2H3,(H,18,20)(H,19,21). The van der Waals surface area contributed by atoms with Gasteiger partial charge in [-0.25, -0.2) is 8.42 Å². The van der Waals surface area contributed by atoms with E-state index < -0.39 is 10.0 Å². The topological polar surface area (TPSA) is 100 Å². The molecule has 1 aromatic heterocycles. The minimum atomic E-state index is -3.70. The number of pyridine rings is 1. The van der Waals surface area contributed by atoms with Gasteiger partial charge < -0.3 is 10.6 Å². The van der Waals surface area contributed by atoms with E-state index in [1.54, 1.807) is 12.1 Å². The van der Waals surface area contributed by atoms with Crippen molar-refractivity contribution in [2.24, 2.45) is 0 Å². The highest BCUT2D eigenvalue weighted by Gasteiger charge is 2.15. The number of hydrogen-bond acceptors (Lipinski definition) is 5. The van der Waals surface area contributed by atoms with Gasteiger partial charge in [0.05, 0.1) is 10.6 Å². The van der Waals surface area contributed by atoms with Crippen LogP contribution in [0, 0.1) is 0 Å². The first kappa shape index (κ1) is 17.9. The van der Waals surface area contributed by atoms with Gasteiger partial charge in [-0.15, -0.1) is 0 Å². The van der Waals surface area contributed by atoms with Gasteiger partial charge in [-0.2, -0.15) is 0 Å². The Bertz CT molecular complexity index is 777. The molecule has 2 rings (SSSR count). The van der Waals surface area contributed by atoms with E-state index in [0.717, 1.165) is 0 Å². The molecule has 0 spiro atoms. The van der Waals surface area contributed by atoms with Gasteiger partial charge in [-0.1, -0.05) is 0 Å². The predicted octanol–water partition coefficient (Wildman–Crippen LogP) is 1.22. The van der Waals surface area contributed by atoms with Gasteiger partial charge in [-0.3, -0.25) is 14.5 Å². The van der Waals surface area contributed by atoms with E-state index in [9.17, 15) is 13.2 Å². The number of nitrogens with one attached hydrogen (secondary N) is 3. The van der Waals surface area contributed by atoms with Gasteiger partial charge in [0.15, 0.2) is 0 Å². The highest BCUT2D eigenvalue weighted by Crippen LogP contribution is 2.15. The SMILES string of the molecule is CNC(C)CNC(=O)c1ccc(S(=O)(=O)Nc2ccncc2)cc1. The number of sulfonamides is 1. The summed E-state index contributed by atoms with van der Waals surface area (Å²) in [6.45, 7) is 2.43. The van der Waals surface area contributed by atoms with Gasteiger partial charge >= 0.3 is 0 Å². The van der Waals surface area contributed by atoms with Crippen LogP contribution in [0.5, 0.6) is 0 Å². The molecule has 1 aromatic carbocycles. The lowest BCUT2D eigenvalue weighted by Crippen LogP contribution is -2.37. The molecule has 0 bridgehead atoms. The first-order chi connectivity index (χ1) is 11.4. The number of carbonyl (C=O) groups excluding carboxylic acids is 1. The Labute approximate surface area is 141 Å². The molecular formula is C16H20N4O3S. The summed E-state index contributed by atoms with van der Waals surface area (Å²) in [6, 6.07) is 9.05. The molecule has 1 heterocycles. The molecule has 128 valence electrons. The fraction of sp³-hybridized carbons (Fsp3) is 0.250. The first-order valence-corrected chi connectivity index (χ1v) is 8.89. The predicted molar refractivity (Wildman–Crippen MR) is 92.3 cm³/mol. The van der Waals surface area contributed by atoms with Crippen molar-refractivity contribution >= 4 is 21.6 Å². The van der Waals surface area contributed by atoms with Crippen LogP contribution in [0.2, 0.25) is 0 Å². The van der Waals surface area contributed by atoms with E-state index >= 15 is 0 Å². The van der Waals surface area contributed by atoms with Crippen LogP contribution in [0.3, 0.4) is 0 Å². The van der Waals surface area contributed by atoms with Crippen molar-refractivity contribution in [3.8, 4) is 0 Å². The summed E-state index contributed by atoms with van der Waals surface area (Å²) in [5.41, 5.74) is 0.828. The van der Waals surface area contributed by atoms with Gasteiger partial charge in [-0.05, 0) is 50.4 Å². The summed E-state index contributed by atoms with van der Waals surface area (Å²) >= 11 is 0. The fourth-order valence-corrected chi connectivity index (χ4v) is 2.93. The van der Waals surface area contributed by atoms with Gasteiger partial charge in [0.25, 0.3) is 15.9 Å². The van der Waals surface area contributed by atoms with E-state index in [0.29, 0.717) is 17.8 Å². The van der Waals surface area contributed by atoms with Crippen LogP contribution in [0.15, 0.2) is 53.7 Å². The summed E-state index contributed by atoms with van der Waals surface area (Å²) in [7, 11) is -1.89. The Morgan fingerprint density at radius 3 is 2.33 bits per heavy atom. The smallest absolute Gasteiger partial charge is 0.261 e. The Kier molecular flexibility index (Phi) is 5.88. The Morgan fingerprint density at radius 1 is 1.12 bits per heavy atom. The van der Waals surface area contributed by atoms with Crippen molar-refractivity contribution in [3.05, 3.63) is 54.4 Å². The number of anilines is 1. The van der Waals surface area contributed by atoms with Crippen LogP contribution in [0.1, 0.15) is 17.3 Å². The Hall–Kier alpha value is -2.45. The summed E-state index contributed by atoms with van der Waals surface area (Å²) in [6.07, 6.45) is 2.99. The van der Waals surface area contributed by atoms with Crippen LogP contribution in [-0.2, 0) is 10.0 Å². The maximum atomic E-state index is 12.3. The minimum Gasteiger partial charge on any atom is -0.350 e. The molecule has 1 amide bonds. The lowest BCUT2D eigenvalue weighted by atomic mass is 10.2. The third-order valence-corrected chi connectivity index (χ3v) is 4.82. The number of carbonyl (C=O) groups is 1. The molecule has 0 saturated carbocycles. The number of rotatable bonds is 7. The highest BCUT2D eigenvalue weighted by molar-refractivity contribution is 7.92. The number of hydrogen-bond donors (Lipinski definition) is 3. The molecule has 24 heavy (non-hydrogen) atoms. The molecule has 0 radical (unpaired) electrons. The van der Waals surface area contributed by atoms with Crippen molar-refractivity contribution in [2.45, 2.75) is 17.9 Å². The van der Waals surface area contributed by atoms with Crippen LogP contribution in [0.25, 0.3) is 0 Å². The molecule has 0 saturated heterocycles. The van der Waals surface area contributed by atoms with Crippen molar-refractivity contribution in [3.63, 3.8) is 0 Å². The van der Waals surface area contributed by atoms with Crippen molar-refractivity contribution in [1.29, 1.82) is 0 Å². The second-order valence-corrected chi connectivity index (χ2v) is 6.95. The van der Waals surface area contributed by atoms with Crippen LogP contribution < -0.4 is 15.4 Å². The fourth-order valence-electron chi connectivity index (χ4n) is 1.87. The zero-order valence-corrected chi connectivity index (χ0v) is 14.3. The van der Waals surface area contributed by atoms with E-state index in [1.165, 1.54) is 36.7 Å². The summed E-state index contributed by atoms with van der Waals surface area (Å²) in [5.74, 6) is -0.247. The normalized spacial score (nSPS) is 12.4. The van der Waals surface area contributed by atoms with Gasteiger partial charge in [0.1, 0.15) is 0 Å². The average Bonchev–Trinajstić information content (AvgIpc) is 2.60. The second kappa shape index (κ2) is 7.89. The van der Waals surface area contributed by atoms with Gasteiger partial charge in [0, 0.05) is 30.5 Å². The molecule has 0 aliphatic heterocycles. The number of amides is 1. The molecule has 8 heteroatoms. The largest absolute Gasteiger partial charge is 0.350 e. The quantitative estimate of drug-likeness (QED) is 0.698. The van der Waals surface area contributed by atoms with Crippen LogP contribution >= 0.6 is 0 Å². The maximum absolute atomic E-state index is 12.3. The molecular weight excluding hydrogens is 328 g/mol. The number of benzene rings is 1. The number of nitrogens with zero attached hydrogens (tertiary/aromatic N) is 1. The minimum absolute atomic E-state index is 0.0828. The summed E-state index contributed by atoms with van der Waals surface area (Å²) in [5, 5.41) is 5.79. The lowest BCUT2D eigenvalue weighted by molar-refractivity contribution is 0.0950. The van der Waals surface area contributed by atoms with E-state index in [-0.39, 0.29) is 16.8 Å².